The molecule has 1 aliphatic rings. The van der Waals surface area contributed by atoms with Crippen molar-refractivity contribution in [3.63, 3.8) is 0 Å². The van der Waals surface area contributed by atoms with Crippen molar-refractivity contribution < 1.29 is 9.90 Å². The van der Waals surface area contributed by atoms with Gasteiger partial charge in [0.15, 0.2) is 5.76 Å². The molecule has 0 atom stereocenters. The van der Waals surface area contributed by atoms with Crippen LogP contribution in [-0.4, -0.2) is 23.6 Å². The van der Waals surface area contributed by atoms with E-state index in [9.17, 15) is 4.79 Å². The van der Waals surface area contributed by atoms with E-state index in [0.717, 1.165) is 6.21 Å². The Labute approximate surface area is 52.7 Å². The van der Waals surface area contributed by atoms with Crippen molar-refractivity contribution in [2.75, 3.05) is 6.54 Å². The van der Waals surface area contributed by atoms with Gasteiger partial charge in [-0.2, -0.15) is 0 Å². The molecule has 1 rings (SSSR count). The molecule has 1 aliphatic heterocycles. The summed E-state index contributed by atoms with van der Waals surface area (Å²) in [5.41, 5.74) is 0.641. The Morgan fingerprint density at radius 3 is 2.89 bits per heavy atom. The Balaban J connectivity index is 2.92. The third kappa shape index (κ3) is 0.988. The van der Waals surface area contributed by atoms with Crippen LogP contribution >= 0.6 is 0 Å². The minimum absolute atomic E-state index is 0.148. The van der Waals surface area contributed by atoms with E-state index in [4.69, 9.17) is 5.11 Å². The summed E-state index contributed by atoms with van der Waals surface area (Å²) >= 11 is 0. The lowest BCUT2D eigenvalue weighted by Crippen LogP contribution is -2.11. The van der Waals surface area contributed by atoms with E-state index < -0.39 is 5.78 Å². The molecule has 0 amide bonds. The van der Waals surface area contributed by atoms with Crippen LogP contribution in [0.4, 0.5) is 0 Å². The largest absolute Gasteiger partial charge is 0.504 e. The summed E-state index contributed by atoms with van der Waals surface area (Å²) < 4.78 is 0. The van der Waals surface area contributed by atoms with E-state index in [2.05, 4.69) is 4.99 Å². The van der Waals surface area contributed by atoms with Crippen molar-refractivity contribution in [2.45, 2.75) is 6.92 Å². The topological polar surface area (TPSA) is 49.7 Å². The summed E-state index contributed by atoms with van der Waals surface area (Å²) in [6, 6.07) is 0. The first-order valence-electron chi connectivity index (χ1n) is 2.64. The molecular weight excluding hydrogens is 118 g/mol. The zero-order chi connectivity index (χ0) is 6.85. The number of carbonyl (C=O) groups is 1. The van der Waals surface area contributed by atoms with Gasteiger partial charge in [-0.3, -0.25) is 9.79 Å². The molecule has 0 aromatic carbocycles. The molecule has 0 spiro atoms. The van der Waals surface area contributed by atoms with Crippen LogP contribution in [0.15, 0.2) is 16.3 Å². The molecule has 0 aromatic heterocycles. The number of aliphatic hydroxyl groups excluding tert-OH is 1. The fourth-order valence-electron chi connectivity index (χ4n) is 0.612. The monoisotopic (exact) mass is 125 g/mol. The lowest BCUT2D eigenvalue weighted by atomic mass is 10.2. The van der Waals surface area contributed by atoms with E-state index in [1.807, 2.05) is 0 Å². The van der Waals surface area contributed by atoms with Crippen LogP contribution in [0.1, 0.15) is 6.92 Å². The first kappa shape index (κ1) is 6.01. The minimum Gasteiger partial charge on any atom is -0.504 e. The van der Waals surface area contributed by atoms with Gasteiger partial charge in [0.1, 0.15) is 0 Å². The number of ketones is 1. The zero-order valence-corrected chi connectivity index (χ0v) is 5.09. The molecule has 9 heavy (non-hydrogen) atoms. The van der Waals surface area contributed by atoms with Crippen LogP contribution < -0.4 is 0 Å². The molecule has 0 aliphatic carbocycles. The van der Waals surface area contributed by atoms with E-state index in [1.165, 1.54) is 0 Å². The van der Waals surface area contributed by atoms with Gasteiger partial charge in [-0.15, -0.1) is 0 Å². The summed E-state index contributed by atoms with van der Waals surface area (Å²) in [4.78, 5) is 14.2. The number of Topliss-reactive ketones (excluding diaryl/α,β-unsaturated/α-hetero) is 1. The Morgan fingerprint density at radius 2 is 2.44 bits per heavy atom. The van der Waals surface area contributed by atoms with Gasteiger partial charge in [-0.1, -0.05) is 0 Å². The van der Waals surface area contributed by atoms with Crippen molar-refractivity contribution in [1.29, 1.82) is 0 Å². The zero-order valence-electron chi connectivity index (χ0n) is 5.09. The fraction of sp³-hybridized carbons (Fsp3) is 0.333. The molecule has 0 radical (unpaired) electrons. The predicted octanol–water partition coefficient (Wildman–Crippen LogP) is 0.472. The van der Waals surface area contributed by atoms with Crippen LogP contribution in [-0.2, 0) is 4.79 Å². The third-order valence-electron chi connectivity index (χ3n) is 1.17. The lowest BCUT2D eigenvalue weighted by molar-refractivity contribution is -0.111. The number of nitrogens with zero attached hydrogens (tertiary/aromatic N) is 1. The van der Waals surface area contributed by atoms with Crippen molar-refractivity contribution in [1.82, 2.24) is 0 Å². The van der Waals surface area contributed by atoms with Gasteiger partial charge in [-0.05, 0) is 12.5 Å². The smallest absolute Gasteiger partial charge is 0.237 e. The summed E-state index contributed by atoms with van der Waals surface area (Å²) in [5, 5.41) is 8.89. The average Bonchev–Trinajstić information content (AvgIpc) is 1.83. The predicted molar refractivity (Wildman–Crippen MR) is 33.7 cm³/mol. The Hall–Kier alpha value is -1.12. The van der Waals surface area contributed by atoms with E-state index in [1.54, 1.807) is 6.92 Å². The third-order valence-corrected chi connectivity index (χ3v) is 1.17. The van der Waals surface area contributed by atoms with Crippen LogP contribution in [0.2, 0.25) is 0 Å². The summed E-state index contributed by atoms with van der Waals surface area (Å²) in [5.74, 6) is -0.538. The number of dihydropyridines is 1. The lowest BCUT2D eigenvalue weighted by Gasteiger charge is -2.03. The first-order chi connectivity index (χ1) is 4.22. The molecule has 48 valence electrons. The molecule has 1 heterocycles. The molecule has 1 N–H and O–H groups in total. The normalized spacial score (nSPS) is 19.0. The van der Waals surface area contributed by atoms with Crippen molar-refractivity contribution in [2.24, 2.45) is 4.99 Å². The van der Waals surface area contributed by atoms with Gasteiger partial charge in [0.2, 0.25) is 5.78 Å². The van der Waals surface area contributed by atoms with Crippen LogP contribution in [0.5, 0.6) is 0 Å². The van der Waals surface area contributed by atoms with Gasteiger partial charge < -0.3 is 5.11 Å². The molecule has 0 unspecified atom stereocenters. The van der Waals surface area contributed by atoms with Crippen LogP contribution in [0.3, 0.4) is 0 Å². The average molecular weight is 125 g/mol. The van der Waals surface area contributed by atoms with Crippen LogP contribution in [0, 0.1) is 0 Å². The van der Waals surface area contributed by atoms with Gasteiger partial charge >= 0.3 is 0 Å². The molecule has 3 heteroatoms. The molecule has 0 saturated heterocycles. The highest BCUT2D eigenvalue weighted by molar-refractivity contribution is 6.35. The van der Waals surface area contributed by atoms with Gasteiger partial charge in [0, 0.05) is 0 Å². The second-order valence-corrected chi connectivity index (χ2v) is 1.96. The number of rotatable bonds is 0. The number of hydrogen-bond donors (Lipinski definition) is 1. The molecule has 0 bridgehead atoms. The van der Waals surface area contributed by atoms with Gasteiger partial charge in [0.05, 0.1) is 12.8 Å². The molecule has 0 aromatic rings. The highest BCUT2D eigenvalue weighted by atomic mass is 16.3. The van der Waals surface area contributed by atoms with Crippen molar-refractivity contribution >= 4 is 12.0 Å². The number of allylic oxidation sites excluding steroid dienone is 1. The van der Waals surface area contributed by atoms with E-state index in [0.29, 0.717) is 12.1 Å². The highest BCUT2D eigenvalue weighted by Crippen LogP contribution is 2.04. The number of aliphatic imine (C=N–C) groups is 1. The van der Waals surface area contributed by atoms with E-state index in [-0.39, 0.29) is 5.76 Å². The highest BCUT2D eigenvalue weighted by Gasteiger charge is 2.11. The Bertz CT molecular complexity index is 203. The van der Waals surface area contributed by atoms with Crippen molar-refractivity contribution in [3.8, 4) is 0 Å². The number of aliphatic hydroxyl groups is 1. The van der Waals surface area contributed by atoms with Gasteiger partial charge in [0.25, 0.3) is 0 Å². The first-order valence-corrected chi connectivity index (χ1v) is 2.64. The second-order valence-electron chi connectivity index (χ2n) is 1.96. The second kappa shape index (κ2) is 2.01. The minimum atomic E-state index is -0.390. The quantitative estimate of drug-likeness (QED) is 0.511. The number of carbonyl (C=O) groups excluding carboxylic acids is 1. The maximum atomic E-state index is 10.5. The van der Waals surface area contributed by atoms with Crippen LogP contribution in [0.25, 0.3) is 0 Å². The fourth-order valence-corrected chi connectivity index (χ4v) is 0.612. The maximum Gasteiger partial charge on any atom is 0.237 e. The Morgan fingerprint density at radius 1 is 1.78 bits per heavy atom. The maximum absolute atomic E-state index is 10.5. The summed E-state index contributed by atoms with van der Waals surface area (Å²) in [7, 11) is 0. The molecular formula is C6H7NO2. The SMILES string of the molecule is CC1=C(O)C(=O)C=NC1. The summed E-state index contributed by atoms with van der Waals surface area (Å²) in [6.45, 7) is 2.13. The number of hydrogen-bond acceptors (Lipinski definition) is 3. The molecule has 0 saturated carbocycles. The van der Waals surface area contributed by atoms with Crippen molar-refractivity contribution in [3.05, 3.63) is 11.3 Å². The van der Waals surface area contributed by atoms with Gasteiger partial charge in [-0.25, -0.2) is 0 Å². The summed E-state index contributed by atoms with van der Waals surface area (Å²) in [6.07, 6.45) is 1.14. The Kier molecular flexibility index (Phi) is 1.34. The standard InChI is InChI=1S/C6H7NO2/c1-4-2-7-3-5(8)6(4)9/h3,9H,2H2,1H3. The van der Waals surface area contributed by atoms with E-state index >= 15 is 0 Å². The molecule has 0 fully saturated rings. The molecule has 3 nitrogen and oxygen atoms in total.